The lowest BCUT2D eigenvalue weighted by Gasteiger charge is -2.00. The molecule has 0 atom stereocenters. The van der Waals surface area contributed by atoms with Crippen LogP contribution >= 0.6 is 22.9 Å². The van der Waals surface area contributed by atoms with E-state index in [2.05, 4.69) is 10.3 Å². The predicted molar refractivity (Wildman–Crippen MR) is 92.8 cm³/mol. The molecule has 0 aliphatic heterocycles. The summed E-state index contributed by atoms with van der Waals surface area (Å²) in [6.07, 6.45) is 5.40. The first kappa shape index (κ1) is 15.8. The van der Waals surface area contributed by atoms with E-state index in [9.17, 15) is 8.42 Å². The Morgan fingerprint density at radius 1 is 1.22 bits per heavy atom. The van der Waals surface area contributed by atoms with Crippen molar-refractivity contribution in [3.63, 3.8) is 0 Å². The summed E-state index contributed by atoms with van der Waals surface area (Å²) in [5, 5.41) is 0.573. The van der Waals surface area contributed by atoms with Gasteiger partial charge in [-0.3, -0.25) is 0 Å². The number of sulfonamides is 1. The second kappa shape index (κ2) is 6.20. The third-order valence-electron chi connectivity index (χ3n) is 3.13. The van der Waals surface area contributed by atoms with Crippen molar-refractivity contribution in [1.29, 1.82) is 0 Å². The van der Waals surface area contributed by atoms with E-state index >= 15 is 0 Å². The lowest BCUT2D eigenvalue weighted by molar-refractivity contribution is 0.596. The molecule has 0 amide bonds. The van der Waals surface area contributed by atoms with Crippen molar-refractivity contribution in [1.82, 2.24) is 4.57 Å². The molecule has 2 aromatic carbocycles. The number of nitrogens with zero attached hydrogens (tertiary/aromatic N) is 2. The summed E-state index contributed by atoms with van der Waals surface area (Å²) >= 11 is 7.23. The van der Waals surface area contributed by atoms with Gasteiger partial charge in [0.15, 0.2) is 0 Å². The first-order valence-electron chi connectivity index (χ1n) is 6.60. The van der Waals surface area contributed by atoms with Gasteiger partial charge in [0.1, 0.15) is 0 Å². The number of benzene rings is 2. The zero-order valence-electron chi connectivity index (χ0n) is 11.8. The molecule has 0 saturated carbocycles. The number of hydrogen-bond donors (Lipinski definition) is 0. The first-order valence-corrected chi connectivity index (χ1v) is 9.23. The Morgan fingerprint density at radius 3 is 2.65 bits per heavy atom. The number of thiazole rings is 1. The highest BCUT2D eigenvalue weighted by Crippen LogP contribution is 2.22. The van der Waals surface area contributed by atoms with E-state index in [1.807, 2.05) is 0 Å². The summed E-state index contributed by atoms with van der Waals surface area (Å²) in [4.78, 5) is 0.465. The van der Waals surface area contributed by atoms with Crippen LogP contribution in [0.3, 0.4) is 0 Å². The SMILES string of the molecule is C#CCn1/c(=N/S(=O)(=O)c2ccccc2)sc2cc(Cl)ccc21. The van der Waals surface area contributed by atoms with Gasteiger partial charge in [0.05, 0.1) is 21.7 Å². The Morgan fingerprint density at radius 2 is 1.96 bits per heavy atom. The van der Waals surface area contributed by atoms with Gasteiger partial charge in [-0.15, -0.1) is 10.8 Å². The molecule has 1 heterocycles. The van der Waals surface area contributed by atoms with Crippen LogP contribution in [0.4, 0.5) is 0 Å². The quantitative estimate of drug-likeness (QED) is 0.671. The van der Waals surface area contributed by atoms with Gasteiger partial charge in [-0.2, -0.15) is 8.42 Å². The Balaban J connectivity index is 2.27. The normalized spacial score (nSPS) is 12.4. The molecule has 23 heavy (non-hydrogen) atoms. The smallest absolute Gasteiger partial charge is 0.285 e. The Hall–Kier alpha value is -2.07. The number of fused-ring (bicyclic) bond motifs is 1. The maximum Gasteiger partial charge on any atom is 0.285 e. The maximum atomic E-state index is 12.5. The van der Waals surface area contributed by atoms with Crippen molar-refractivity contribution in [2.75, 3.05) is 0 Å². The average molecular weight is 363 g/mol. The lowest BCUT2D eigenvalue weighted by Crippen LogP contribution is -2.16. The second-order valence-electron chi connectivity index (χ2n) is 4.67. The molecule has 3 rings (SSSR count). The van der Waals surface area contributed by atoms with Crippen LogP contribution in [0.25, 0.3) is 10.2 Å². The molecule has 4 nitrogen and oxygen atoms in total. The minimum absolute atomic E-state index is 0.141. The van der Waals surface area contributed by atoms with Crippen molar-refractivity contribution in [3.05, 3.63) is 58.4 Å². The summed E-state index contributed by atoms with van der Waals surface area (Å²) in [6.45, 7) is 0.227. The van der Waals surface area contributed by atoms with E-state index in [1.54, 1.807) is 41.0 Å². The summed E-state index contributed by atoms with van der Waals surface area (Å²) in [5.41, 5.74) is 0.805. The van der Waals surface area contributed by atoms with E-state index in [4.69, 9.17) is 18.0 Å². The highest BCUT2D eigenvalue weighted by atomic mass is 35.5. The lowest BCUT2D eigenvalue weighted by atomic mass is 10.3. The molecular weight excluding hydrogens is 352 g/mol. The molecule has 0 fully saturated rings. The summed E-state index contributed by atoms with van der Waals surface area (Å²) in [6, 6.07) is 13.4. The topological polar surface area (TPSA) is 51.4 Å². The average Bonchev–Trinajstić information content (AvgIpc) is 2.84. The first-order chi connectivity index (χ1) is 11.0. The van der Waals surface area contributed by atoms with Gasteiger partial charge >= 0.3 is 0 Å². The van der Waals surface area contributed by atoms with E-state index in [1.165, 1.54) is 23.5 Å². The summed E-state index contributed by atoms with van der Waals surface area (Å²) < 4.78 is 31.4. The standard InChI is InChI=1S/C16H11ClN2O2S2/c1-2-10-19-14-9-8-12(17)11-15(14)22-16(19)18-23(20,21)13-6-4-3-5-7-13/h1,3-9,11H,10H2/b18-16-. The molecule has 0 radical (unpaired) electrons. The predicted octanol–water partition coefficient (Wildman–Crippen LogP) is 3.28. The van der Waals surface area contributed by atoms with E-state index < -0.39 is 10.0 Å². The van der Waals surface area contributed by atoms with Gasteiger partial charge in [0.2, 0.25) is 4.80 Å². The van der Waals surface area contributed by atoms with Crippen molar-refractivity contribution < 1.29 is 8.42 Å². The largest absolute Gasteiger partial charge is 0.304 e. The molecule has 0 unspecified atom stereocenters. The molecule has 0 spiro atoms. The fraction of sp³-hybridized carbons (Fsp3) is 0.0625. The van der Waals surface area contributed by atoms with Crippen LogP contribution in [0.1, 0.15) is 0 Å². The number of terminal acetylenes is 1. The van der Waals surface area contributed by atoms with Gasteiger partial charge in [-0.25, -0.2) is 0 Å². The molecule has 0 N–H and O–H groups in total. The Labute approximate surface area is 142 Å². The number of aromatic nitrogens is 1. The van der Waals surface area contributed by atoms with Crippen LogP contribution < -0.4 is 4.80 Å². The highest BCUT2D eigenvalue weighted by molar-refractivity contribution is 7.90. The van der Waals surface area contributed by atoms with Crippen LogP contribution in [0.2, 0.25) is 5.02 Å². The molecule has 0 aliphatic carbocycles. The van der Waals surface area contributed by atoms with Crippen molar-refractivity contribution in [3.8, 4) is 12.3 Å². The van der Waals surface area contributed by atoms with Gasteiger partial charge in [0.25, 0.3) is 10.0 Å². The highest BCUT2D eigenvalue weighted by Gasteiger charge is 2.14. The van der Waals surface area contributed by atoms with E-state index in [0.29, 0.717) is 9.82 Å². The van der Waals surface area contributed by atoms with Crippen LogP contribution in [0.5, 0.6) is 0 Å². The fourth-order valence-electron chi connectivity index (χ4n) is 2.11. The van der Waals surface area contributed by atoms with Gasteiger partial charge in [-0.1, -0.05) is 47.1 Å². The van der Waals surface area contributed by atoms with Crippen molar-refractivity contribution in [2.45, 2.75) is 11.4 Å². The van der Waals surface area contributed by atoms with Crippen LogP contribution in [0.15, 0.2) is 57.8 Å². The Bertz CT molecular complexity index is 1070. The second-order valence-corrected chi connectivity index (χ2v) is 7.72. The summed E-state index contributed by atoms with van der Waals surface area (Å²) in [5.74, 6) is 2.52. The molecule has 0 aliphatic rings. The van der Waals surface area contributed by atoms with Gasteiger partial charge in [0, 0.05) is 5.02 Å². The fourth-order valence-corrected chi connectivity index (χ4v) is 4.64. The number of halogens is 1. The third kappa shape index (κ3) is 3.17. The van der Waals surface area contributed by atoms with Gasteiger partial charge in [-0.05, 0) is 30.3 Å². The van der Waals surface area contributed by atoms with Crippen molar-refractivity contribution in [2.24, 2.45) is 4.40 Å². The monoisotopic (exact) mass is 362 g/mol. The minimum atomic E-state index is -3.80. The zero-order valence-corrected chi connectivity index (χ0v) is 14.2. The number of rotatable bonds is 3. The molecule has 1 aromatic heterocycles. The molecular formula is C16H11ClN2O2S2. The van der Waals surface area contributed by atoms with Crippen LogP contribution in [-0.2, 0) is 16.6 Å². The maximum absolute atomic E-state index is 12.5. The number of hydrogen-bond acceptors (Lipinski definition) is 3. The molecule has 7 heteroatoms. The Kier molecular flexibility index (Phi) is 4.26. The van der Waals surface area contributed by atoms with Crippen LogP contribution in [0, 0.1) is 12.3 Å². The molecule has 0 saturated heterocycles. The minimum Gasteiger partial charge on any atom is -0.304 e. The van der Waals surface area contributed by atoms with E-state index in [-0.39, 0.29) is 11.4 Å². The van der Waals surface area contributed by atoms with Crippen molar-refractivity contribution >= 4 is 43.2 Å². The molecule has 0 bridgehead atoms. The summed E-state index contributed by atoms with van der Waals surface area (Å²) in [7, 11) is -3.80. The molecule has 116 valence electrons. The van der Waals surface area contributed by atoms with Gasteiger partial charge < -0.3 is 4.57 Å². The van der Waals surface area contributed by atoms with Crippen LogP contribution in [-0.4, -0.2) is 13.0 Å². The zero-order chi connectivity index (χ0) is 16.4. The molecule has 3 aromatic rings. The van der Waals surface area contributed by atoms with E-state index in [0.717, 1.165) is 10.2 Å². The third-order valence-corrected chi connectivity index (χ3v) is 5.81.